The van der Waals surface area contributed by atoms with E-state index in [9.17, 15) is 4.79 Å². The Balaban J connectivity index is 1.57. The molecule has 122 valence electrons. The molecular formula is C19H18N2O3. The van der Waals surface area contributed by atoms with Crippen molar-refractivity contribution < 1.29 is 14.3 Å². The van der Waals surface area contributed by atoms with E-state index in [0.717, 1.165) is 23.5 Å². The summed E-state index contributed by atoms with van der Waals surface area (Å²) >= 11 is 0. The average molecular weight is 322 g/mol. The number of hydrogen-bond donors (Lipinski definition) is 1. The molecule has 0 saturated carbocycles. The van der Waals surface area contributed by atoms with Crippen LogP contribution in [0.1, 0.15) is 27.9 Å². The predicted octanol–water partition coefficient (Wildman–Crippen LogP) is 2.69. The van der Waals surface area contributed by atoms with Crippen LogP contribution in [0, 0.1) is 11.3 Å². The maximum atomic E-state index is 12.1. The molecule has 0 aromatic heterocycles. The van der Waals surface area contributed by atoms with E-state index >= 15 is 0 Å². The molecular weight excluding hydrogens is 304 g/mol. The molecule has 1 amide bonds. The summed E-state index contributed by atoms with van der Waals surface area (Å²) in [5.41, 5.74) is 2.04. The summed E-state index contributed by atoms with van der Waals surface area (Å²) in [6.07, 6.45) is 1.57. The molecule has 1 N–H and O–H groups in total. The number of carbonyl (C=O) groups is 1. The topological polar surface area (TPSA) is 71.4 Å². The van der Waals surface area contributed by atoms with Crippen LogP contribution in [-0.2, 0) is 6.42 Å². The quantitative estimate of drug-likeness (QED) is 0.939. The van der Waals surface area contributed by atoms with Crippen molar-refractivity contribution in [2.24, 2.45) is 0 Å². The lowest BCUT2D eigenvalue weighted by molar-refractivity contribution is 0.0954. The molecule has 1 aliphatic heterocycles. The maximum absolute atomic E-state index is 12.1. The van der Waals surface area contributed by atoms with Gasteiger partial charge in [-0.15, -0.1) is 0 Å². The lowest BCUT2D eigenvalue weighted by atomic mass is 10.1. The third kappa shape index (κ3) is 3.85. The highest BCUT2D eigenvalue weighted by Crippen LogP contribution is 2.30. The molecule has 0 unspecified atom stereocenters. The predicted molar refractivity (Wildman–Crippen MR) is 89.2 cm³/mol. The van der Waals surface area contributed by atoms with Gasteiger partial charge < -0.3 is 14.8 Å². The molecule has 0 bridgehead atoms. The molecule has 0 radical (unpaired) electrons. The second-order valence-corrected chi connectivity index (χ2v) is 5.53. The van der Waals surface area contributed by atoms with Crippen molar-refractivity contribution in [3.63, 3.8) is 0 Å². The summed E-state index contributed by atoms with van der Waals surface area (Å²) in [6.45, 7) is 1.84. The van der Waals surface area contributed by atoms with Crippen molar-refractivity contribution in [1.82, 2.24) is 5.32 Å². The lowest BCUT2D eigenvalue weighted by Gasteiger charge is -2.10. The van der Waals surface area contributed by atoms with E-state index in [-0.39, 0.29) is 5.91 Å². The molecule has 2 aromatic carbocycles. The molecule has 0 atom stereocenters. The molecule has 0 fully saturated rings. The van der Waals surface area contributed by atoms with Crippen LogP contribution in [0.3, 0.4) is 0 Å². The monoisotopic (exact) mass is 322 g/mol. The summed E-state index contributed by atoms with van der Waals surface area (Å²) in [6, 6.07) is 14.6. The Morgan fingerprint density at radius 3 is 2.79 bits per heavy atom. The van der Waals surface area contributed by atoms with Gasteiger partial charge in [-0.25, -0.2) is 0 Å². The standard InChI is InChI=1S/C19H18N2O3/c20-13-15-3-1-4-16(11-15)19(22)21-8-7-14-5-6-17-18(12-14)24-10-2-9-23-17/h1,3-6,11-12H,2,7-10H2,(H,21,22). The molecule has 3 rings (SSSR count). The number of ether oxygens (including phenoxy) is 2. The van der Waals surface area contributed by atoms with Gasteiger partial charge in [0.1, 0.15) is 0 Å². The lowest BCUT2D eigenvalue weighted by Crippen LogP contribution is -2.25. The smallest absolute Gasteiger partial charge is 0.251 e. The van der Waals surface area contributed by atoms with Crippen molar-refractivity contribution in [3.05, 3.63) is 59.2 Å². The Morgan fingerprint density at radius 2 is 1.96 bits per heavy atom. The normalized spacial score (nSPS) is 12.8. The average Bonchev–Trinajstić information content (AvgIpc) is 2.86. The molecule has 24 heavy (non-hydrogen) atoms. The van der Waals surface area contributed by atoms with Crippen LogP contribution in [0.4, 0.5) is 0 Å². The summed E-state index contributed by atoms with van der Waals surface area (Å²) in [5.74, 6) is 1.35. The third-order valence-corrected chi connectivity index (χ3v) is 3.77. The van der Waals surface area contributed by atoms with Crippen molar-refractivity contribution in [2.45, 2.75) is 12.8 Å². The van der Waals surface area contributed by atoms with Crippen LogP contribution < -0.4 is 14.8 Å². The fraction of sp³-hybridized carbons (Fsp3) is 0.263. The van der Waals surface area contributed by atoms with E-state index in [4.69, 9.17) is 14.7 Å². The van der Waals surface area contributed by atoms with Gasteiger partial charge in [0.15, 0.2) is 11.5 Å². The van der Waals surface area contributed by atoms with E-state index in [1.54, 1.807) is 24.3 Å². The van der Waals surface area contributed by atoms with Crippen LogP contribution >= 0.6 is 0 Å². The molecule has 0 saturated heterocycles. The molecule has 1 aliphatic rings. The summed E-state index contributed by atoms with van der Waals surface area (Å²) < 4.78 is 11.3. The molecule has 2 aromatic rings. The summed E-state index contributed by atoms with van der Waals surface area (Å²) in [7, 11) is 0. The summed E-state index contributed by atoms with van der Waals surface area (Å²) in [5, 5.41) is 11.8. The first-order chi connectivity index (χ1) is 11.8. The molecule has 1 heterocycles. The Bertz CT molecular complexity index is 780. The second-order valence-electron chi connectivity index (χ2n) is 5.53. The van der Waals surface area contributed by atoms with E-state index in [0.29, 0.717) is 37.3 Å². The Kier molecular flexibility index (Phi) is 4.97. The van der Waals surface area contributed by atoms with E-state index in [1.807, 2.05) is 24.3 Å². The molecule has 5 heteroatoms. The van der Waals surface area contributed by atoms with Gasteiger partial charge in [-0.05, 0) is 42.3 Å². The number of carbonyl (C=O) groups excluding carboxylic acids is 1. The Hall–Kier alpha value is -3.00. The van der Waals surface area contributed by atoms with E-state index in [1.165, 1.54) is 0 Å². The number of rotatable bonds is 4. The highest BCUT2D eigenvalue weighted by atomic mass is 16.5. The Labute approximate surface area is 140 Å². The minimum atomic E-state index is -0.179. The van der Waals surface area contributed by atoms with E-state index in [2.05, 4.69) is 5.32 Å². The van der Waals surface area contributed by atoms with Crippen LogP contribution in [-0.4, -0.2) is 25.7 Å². The fourth-order valence-electron chi connectivity index (χ4n) is 2.52. The number of nitrogens with one attached hydrogen (secondary N) is 1. The Morgan fingerprint density at radius 1 is 1.12 bits per heavy atom. The maximum Gasteiger partial charge on any atom is 0.251 e. The van der Waals surface area contributed by atoms with Crippen LogP contribution in [0.2, 0.25) is 0 Å². The number of fused-ring (bicyclic) bond motifs is 1. The fourth-order valence-corrected chi connectivity index (χ4v) is 2.52. The number of hydrogen-bond acceptors (Lipinski definition) is 4. The van der Waals surface area contributed by atoms with Gasteiger partial charge >= 0.3 is 0 Å². The summed E-state index contributed by atoms with van der Waals surface area (Å²) in [4.78, 5) is 12.1. The van der Waals surface area contributed by atoms with Gasteiger partial charge in [-0.1, -0.05) is 12.1 Å². The highest BCUT2D eigenvalue weighted by Gasteiger charge is 2.11. The van der Waals surface area contributed by atoms with Gasteiger partial charge in [-0.2, -0.15) is 5.26 Å². The van der Waals surface area contributed by atoms with Gasteiger partial charge in [0.25, 0.3) is 5.91 Å². The van der Waals surface area contributed by atoms with Crippen LogP contribution in [0.15, 0.2) is 42.5 Å². The first-order valence-corrected chi connectivity index (χ1v) is 7.93. The number of benzene rings is 2. The van der Waals surface area contributed by atoms with Crippen molar-refractivity contribution in [2.75, 3.05) is 19.8 Å². The molecule has 5 nitrogen and oxygen atoms in total. The number of amides is 1. The van der Waals surface area contributed by atoms with E-state index < -0.39 is 0 Å². The first-order valence-electron chi connectivity index (χ1n) is 7.93. The zero-order valence-electron chi connectivity index (χ0n) is 13.2. The van der Waals surface area contributed by atoms with Crippen LogP contribution in [0.25, 0.3) is 0 Å². The minimum absolute atomic E-state index is 0.179. The van der Waals surface area contributed by atoms with Gasteiger partial charge in [0.05, 0.1) is 24.8 Å². The van der Waals surface area contributed by atoms with Gasteiger partial charge in [-0.3, -0.25) is 4.79 Å². The largest absolute Gasteiger partial charge is 0.490 e. The van der Waals surface area contributed by atoms with Crippen molar-refractivity contribution >= 4 is 5.91 Å². The van der Waals surface area contributed by atoms with Gasteiger partial charge in [0.2, 0.25) is 0 Å². The van der Waals surface area contributed by atoms with Crippen LogP contribution in [0.5, 0.6) is 11.5 Å². The van der Waals surface area contributed by atoms with Crippen molar-refractivity contribution in [1.29, 1.82) is 5.26 Å². The number of nitriles is 1. The second kappa shape index (κ2) is 7.51. The minimum Gasteiger partial charge on any atom is -0.490 e. The van der Waals surface area contributed by atoms with Crippen molar-refractivity contribution in [3.8, 4) is 17.6 Å². The first kappa shape index (κ1) is 15.9. The SMILES string of the molecule is N#Cc1cccc(C(=O)NCCc2ccc3c(c2)OCCCO3)c1. The van der Waals surface area contributed by atoms with Gasteiger partial charge in [0, 0.05) is 18.5 Å². The molecule has 0 spiro atoms. The molecule has 0 aliphatic carbocycles. The zero-order valence-corrected chi connectivity index (χ0v) is 13.2. The zero-order chi connectivity index (χ0) is 16.8. The highest BCUT2D eigenvalue weighted by molar-refractivity contribution is 5.94. The number of nitrogens with zero attached hydrogens (tertiary/aromatic N) is 1. The third-order valence-electron chi connectivity index (χ3n) is 3.77.